The third-order valence-electron chi connectivity index (χ3n) is 4.72. The van der Waals surface area contributed by atoms with Crippen LogP contribution in [0.5, 0.6) is 0 Å². The summed E-state index contributed by atoms with van der Waals surface area (Å²) in [6.07, 6.45) is 5.60. The van der Waals surface area contributed by atoms with Crippen LogP contribution in [0.2, 0.25) is 0 Å². The maximum absolute atomic E-state index is 12.1. The molecule has 3 aliphatic carbocycles. The smallest absolute Gasteiger partial charge is 0.407 e. The predicted molar refractivity (Wildman–Crippen MR) is 84.4 cm³/mol. The number of rotatable bonds is 4. The van der Waals surface area contributed by atoms with E-state index in [0.717, 1.165) is 18.4 Å². The first kappa shape index (κ1) is 15.6. The minimum atomic E-state index is -0.492. The molecule has 1 saturated carbocycles. The van der Waals surface area contributed by atoms with Gasteiger partial charge in [-0.1, -0.05) is 42.5 Å². The molecule has 3 unspecified atom stereocenters. The van der Waals surface area contributed by atoms with Crippen LogP contribution in [0.15, 0.2) is 42.5 Å². The zero-order chi connectivity index (χ0) is 16.2. The Bertz CT molecular complexity index is 598. The number of alkyl carbamates (subject to hydrolysis) is 1. The van der Waals surface area contributed by atoms with E-state index in [-0.39, 0.29) is 36.4 Å². The van der Waals surface area contributed by atoms with Crippen LogP contribution in [0, 0.1) is 17.8 Å². The largest absolute Gasteiger partial charge is 0.469 e. The average Bonchev–Trinajstić information content (AvgIpc) is 2.61. The molecule has 5 heteroatoms. The van der Waals surface area contributed by atoms with E-state index >= 15 is 0 Å². The predicted octanol–water partition coefficient (Wildman–Crippen LogP) is 2.67. The summed E-state index contributed by atoms with van der Waals surface area (Å²) in [5.74, 6) is -0.300. The Balaban J connectivity index is 1.62. The van der Waals surface area contributed by atoms with Crippen LogP contribution in [-0.2, 0) is 20.9 Å². The van der Waals surface area contributed by atoms with E-state index < -0.39 is 6.09 Å². The van der Waals surface area contributed by atoms with E-state index in [9.17, 15) is 9.59 Å². The van der Waals surface area contributed by atoms with E-state index in [1.165, 1.54) is 7.11 Å². The number of methoxy groups -OCH3 is 1. The van der Waals surface area contributed by atoms with Crippen LogP contribution < -0.4 is 5.32 Å². The summed E-state index contributed by atoms with van der Waals surface area (Å²) in [6.45, 7) is 0.215. The van der Waals surface area contributed by atoms with Gasteiger partial charge in [0.05, 0.1) is 19.1 Å². The summed E-state index contributed by atoms with van der Waals surface area (Å²) < 4.78 is 10.2. The highest BCUT2D eigenvalue weighted by Gasteiger charge is 2.46. The molecule has 1 fully saturated rings. The lowest BCUT2D eigenvalue weighted by atomic mass is 9.66. The number of benzene rings is 1. The first-order valence-electron chi connectivity index (χ1n) is 7.92. The number of allylic oxidation sites excluding steroid dienone is 1. The number of esters is 1. The SMILES string of the molecule is COC(=O)C1C2C=C[C@H](CC2)C1NC(=O)OCc1ccccc1. The normalized spacial score (nSPS) is 28.2. The Labute approximate surface area is 135 Å². The summed E-state index contributed by atoms with van der Waals surface area (Å²) in [7, 11) is 1.39. The van der Waals surface area contributed by atoms with Crippen molar-refractivity contribution in [3.8, 4) is 0 Å². The second-order valence-corrected chi connectivity index (χ2v) is 6.07. The average molecular weight is 315 g/mol. The van der Waals surface area contributed by atoms with Gasteiger partial charge < -0.3 is 14.8 Å². The van der Waals surface area contributed by atoms with Crippen LogP contribution in [0.3, 0.4) is 0 Å². The molecule has 4 atom stereocenters. The molecule has 1 N–H and O–H groups in total. The fourth-order valence-corrected chi connectivity index (χ4v) is 3.55. The number of amides is 1. The molecule has 0 saturated heterocycles. The molecule has 0 aromatic heterocycles. The monoisotopic (exact) mass is 315 g/mol. The highest BCUT2D eigenvalue weighted by Crippen LogP contribution is 2.41. The van der Waals surface area contributed by atoms with Crippen molar-refractivity contribution in [3.63, 3.8) is 0 Å². The van der Waals surface area contributed by atoms with Gasteiger partial charge in [0.15, 0.2) is 0 Å². The van der Waals surface area contributed by atoms with Gasteiger partial charge in [0.2, 0.25) is 0 Å². The molecule has 23 heavy (non-hydrogen) atoms. The number of fused-ring (bicyclic) bond motifs is 2. The second-order valence-electron chi connectivity index (χ2n) is 6.07. The van der Waals surface area contributed by atoms with Crippen LogP contribution in [0.4, 0.5) is 4.79 Å². The molecule has 0 aliphatic heterocycles. The van der Waals surface area contributed by atoms with Gasteiger partial charge in [-0.3, -0.25) is 4.79 Å². The van der Waals surface area contributed by atoms with Crippen molar-refractivity contribution in [1.82, 2.24) is 5.32 Å². The van der Waals surface area contributed by atoms with Crippen molar-refractivity contribution in [3.05, 3.63) is 48.0 Å². The molecule has 1 aromatic carbocycles. The first-order chi connectivity index (χ1) is 11.2. The van der Waals surface area contributed by atoms with Crippen molar-refractivity contribution in [2.24, 2.45) is 17.8 Å². The van der Waals surface area contributed by atoms with Gasteiger partial charge in [0, 0.05) is 0 Å². The molecule has 3 aliphatic rings. The quantitative estimate of drug-likeness (QED) is 0.685. The van der Waals surface area contributed by atoms with Crippen LogP contribution in [0.25, 0.3) is 0 Å². The lowest BCUT2D eigenvalue weighted by Gasteiger charge is -2.43. The van der Waals surface area contributed by atoms with Gasteiger partial charge in [-0.25, -0.2) is 4.79 Å². The Kier molecular flexibility index (Phi) is 4.65. The molecular weight excluding hydrogens is 294 g/mol. The third-order valence-corrected chi connectivity index (χ3v) is 4.72. The highest BCUT2D eigenvalue weighted by atomic mass is 16.5. The molecule has 0 radical (unpaired) electrons. The summed E-state index contributed by atoms with van der Waals surface area (Å²) in [4.78, 5) is 24.2. The number of nitrogens with one attached hydrogen (secondary N) is 1. The standard InChI is InChI=1S/C18H21NO4/c1-22-17(20)15-13-7-9-14(10-8-13)16(15)19-18(21)23-11-12-5-3-2-4-6-12/h2-7,9,13-16H,8,10-11H2,1H3,(H,19,21)/t13?,14-,15?,16?/m1/s1. The van der Waals surface area contributed by atoms with Gasteiger partial charge in [-0.2, -0.15) is 0 Å². The van der Waals surface area contributed by atoms with E-state index in [1.54, 1.807) is 0 Å². The molecular formula is C18H21NO4. The molecule has 122 valence electrons. The molecule has 5 nitrogen and oxygen atoms in total. The van der Waals surface area contributed by atoms with Crippen molar-refractivity contribution < 1.29 is 19.1 Å². The number of carbonyl (C=O) groups is 2. The van der Waals surface area contributed by atoms with Gasteiger partial charge >= 0.3 is 12.1 Å². The summed E-state index contributed by atoms with van der Waals surface area (Å²) >= 11 is 0. The maximum atomic E-state index is 12.1. The summed E-state index contributed by atoms with van der Waals surface area (Å²) in [6, 6.07) is 9.25. The van der Waals surface area contributed by atoms with Gasteiger partial charge in [-0.15, -0.1) is 0 Å². The number of hydrogen-bond donors (Lipinski definition) is 1. The van der Waals surface area contributed by atoms with Crippen LogP contribution >= 0.6 is 0 Å². The molecule has 4 rings (SSSR count). The molecule has 0 spiro atoms. The zero-order valence-electron chi connectivity index (χ0n) is 13.1. The number of ether oxygens (including phenoxy) is 2. The first-order valence-corrected chi connectivity index (χ1v) is 7.92. The Hall–Kier alpha value is -2.30. The van der Waals surface area contributed by atoms with Crippen molar-refractivity contribution in [1.29, 1.82) is 0 Å². The summed E-state index contributed by atoms with van der Waals surface area (Å²) in [5, 5.41) is 2.87. The Morgan fingerprint density at radius 1 is 1.13 bits per heavy atom. The van der Waals surface area contributed by atoms with Crippen molar-refractivity contribution >= 4 is 12.1 Å². The second kappa shape index (κ2) is 6.86. The lowest BCUT2D eigenvalue weighted by Crippen LogP contribution is -2.54. The third kappa shape index (κ3) is 3.38. The van der Waals surface area contributed by atoms with Crippen molar-refractivity contribution in [2.75, 3.05) is 7.11 Å². The van der Waals surface area contributed by atoms with E-state index in [0.29, 0.717) is 0 Å². The zero-order valence-corrected chi connectivity index (χ0v) is 13.1. The van der Waals surface area contributed by atoms with E-state index in [2.05, 4.69) is 17.5 Å². The van der Waals surface area contributed by atoms with E-state index in [4.69, 9.17) is 9.47 Å². The Morgan fingerprint density at radius 2 is 1.83 bits per heavy atom. The van der Waals surface area contributed by atoms with Crippen molar-refractivity contribution in [2.45, 2.75) is 25.5 Å². The fraction of sp³-hybridized carbons (Fsp3) is 0.444. The maximum Gasteiger partial charge on any atom is 0.407 e. The minimum absolute atomic E-state index is 0.131. The highest BCUT2D eigenvalue weighted by molar-refractivity contribution is 5.76. The molecule has 2 bridgehead atoms. The Morgan fingerprint density at radius 3 is 2.48 bits per heavy atom. The lowest BCUT2D eigenvalue weighted by molar-refractivity contribution is -0.150. The minimum Gasteiger partial charge on any atom is -0.469 e. The number of carbonyl (C=O) groups excluding carboxylic acids is 2. The van der Waals surface area contributed by atoms with Gasteiger partial charge in [0.1, 0.15) is 6.61 Å². The van der Waals surface area contributed by atoms with Crippen LogP contribution in [-0.4, -0.2) is 25.2 Å². The molecule has 1 amide bonds. The van der Waals surface area contributed by atoms with Gasteiger partial charge in [0.25, 0.3) is 0 Å². The van der Waals surface area contributed by atoms with E-state index in [1.807, 2.05) is 30.3 Å². The fourth-order valence-electron chi connectivity index (χ4n) is 3.55. The number of hydrogen-bond acceptors (Lipinski definition) is 4. The van der Waals surface area contributed by atoms with Crippen LogP contribution in [0.1, 0.15) is 18.4 Å². The molecule has 1 aromatic rings. The molecule has 0 heterocycles. The topological polar surface area (TPSA) is 64.6 Å². The summed E-state index contributed by atoms with van der Waals surface area (Å²) in [5.41, 5.74) is 0.928. The van der Waals surface area contributed by atoms with Gasteiger partial charge in [-0.05, 0) is 30.2 Å².